The molecule has 3 aromatic rings. The SMILES string of the molecule is O=C[C@H]1CSc2[nH]c(=O)sc2[C@H]1c1cc([N+](=O)[O-])ccc1OCc1ccccc1Cl. The summed E-state index contributed by atoms with van der Waals surface area (Å²) in [7, 11) is 0. The van der Waals surface area contributed by atoms with Crippen LogP contribution < -0.4 is 9.61 Å². The molecule has 0 unspecified atom stereocenters. The van der Waals surface area contributed by atoms with Crippen molar-refractivity contribution in [2.45, 2.75) is 17.6 Å². The third kappa shape index (κ3) is 4.00. The maximum atomic E-state index is 11.9. The van der Waals surface area contributed by atoms with Crippen LogP contribution >= 0.6 is 34.7 Å². The number of benzene rings is 2. The lowest BCUT2D eigenvalue weighted by atomic mass is 9.85. The normalized spacial score (nSPS) is 17.9. The van der Waals surface area contributed by atoms with E-state index in [2.05, 4.69) is 4.98 Å². The molecule has 0 saturated heterocycles. The lowest BCUT2D eigenvalue weighted by molar-refractivity contribution is -0.385. The molecule has 2 heterocycles. The summed E-state index contributed by atoms with van der Waals surface area (Å²) in [6.07, 6.45) is 0.835. The average Bonchev–Trinajstić information content (AvgIpc) is 3.12. The van der Waals surface area contributed by atoms with E-state index in [9.17, 15) is 19.7 Å². The van der Waals surface area contributed by atoms with Crippen LogP contribution in [0.4, 0.5) is 5.69 Å². The first-order chi connectivity index (χ1) is 14.5. The smallest absolute Gasteiger partial charge is 0.305 e. The number of fused-ring (bicyclic) bond motifs is 1. The topological polar surface area (TPSA) is 102 Å². The monoisotopic (exact) mass is 462 g/mol. The molecule has 2 atom stereocenters. The first-order valence-corrected chi connectivity index (χ1v) is 11.1. The summed E-state index contributed by atoms with van der Waals surface area (Å²) >= 11 is 8.62. The van der Waals surface area contributed by atoms with Gasteiger partial charge in [0.2, 0.25) is 0 Å². The van der Waals surface area contributed by atoms with Crippen molar-refractivity contribution in [3.05, 3.63) is 83.3 Å². The molecule has 0 bridgehead atoms. The van der Waals surface area contributed by atoms with Gasteiger partial charge in [0.25, 0.3) is 5.69 Å². The Morgan fingerprint density at radius 1 is 1.30 bits per heavy atom. The number of thioether (sulfide) groups is 1. The first-order valence-electron chi connectivity index (χ1n) is 8.93. The Hall–Kier alpha value is -2.62. The minimum atomic E-state index is -0.510. The molecule has 2 aromatic carbocycles. The van der Waals surface area contributed by atoms with Gasteiger partial charge in [0, 0.05) is 50.7 Å². The van der Waals surface area contributed by atoms with Gasteiger partial charge in [0.15, 0.2) is 0 Å². The Morgan fingerprint density at radius 3 is 2.83 bits per heavy atom. The zero-order valence-corrected chi connectivity index (χ0v) is 17.8. The van der Waals surface area contributed by atoms with Crippen LogP contribution in [-0.2, 0) is 11.4 Å². The number of thiazole rings is 1. The average molecular weight is 463 g/mol. The van der Waals surface area contributed by atoms with Crippen LogP contribution in [0.3, 0.4) is 0 Å². The summed E-state index contributed by atoms with van der Waals surface area (Å²) in [4.78, 5) is 37.9. The number of H-pyrrole nitrogens is 1. The van der Waals surface area contributed by atoms with Crippen LogP contribution in [0.25, 0.3) is 0 Å². The fraction of sp³-hybridized carbons (Fsp3) is 0.200. The maximum Gasteiger partial charge on any atom is 0.305 e. The Kier molecular flexibility index (Phi) is 5.94. The number of aromatic nitrogens is 1. The van der Waals surface area contributed by atoms with Crippen LogP contribution in [0.5, 0.6) is 5.75 Å². The summed E-state index contributed by atoms with van der Waals surface area (Å²) in [5.74, 6) is -0.0842. The lowest BCUT2D eigenvalue weighted by Gasteiger charge is -2.28. The van der Waals surface area contributed by atoms with Gasteiger partial charge in [-0.05, 0) is 12.1 Å². The van der Waals surface area contributed by atoms with Crippen LogP contribution in [0.1, 0.15) is 21.9 Å². The van der Waals surface area contributed by atoms with Crippen molar-refractivity contribution in [2.24, 2.45) is 5.92 Å². The minimum Gasteiger partial charge on any atom is -0.489 e. The molecule has 0 fully saturated rings. The largest absolute Gasteiger partial charge is 0.489 e. The van der Waals surface area contributed by atoms with Crippen molar-refractivity contribution < 1.29 is 14.5 Å². The van der Waals surface area contributed by atoms with Gasteiger partial charge in [-0.15, -0.1) is 11.8 Å². The molecule has 0 spiro atoms. The summed E-state index contributed by atoms with van der Waals surface area (Å²) in [6, 6.07) is 11.5. The molecule has 0 aliphatic carbocycles. The number of ether oxygens (including phenoxy) is 1. The number of carbonyl (C=O) groups is 1. The number of nitro groups is 1. The standard InChI is InChI=1S/C20H15ClN2O5S2/c21-15-4-2-1-3-11(15)9-28-16-6-5-13(23(26)27)7-14(16)17-12(8-24)10-29-19-18(17)30-20(25)22-19/h1-8,12,17H,9-10H2,(H,22,25)/t12-,17+/m0/s1. The number of nitrogens with one attached hydrogen (secondary N) is 1. The van der Waals surface area contributed by atoms with Crippen molar-refractivity contribution in [1.29, 1.82) is 0 Å². The lowest BCUT2D eigenvalue weighted by Crippen LogP contribution is -2.22. The van der Waals surface area contributed by atoms with Crippen LogP contribution in [0.15, 0.2) is 52.3 Å². The predicted molar refractivity (Wildman–Crippen MR) is 116 cm³/mol. The number of nitrogens with zero attached hydrogens (tertiary/aromatic N) is 1. The second kappa shape index (κ2) is 8.63. The summed E-state index contributed by atoms with van der Waals surface area (Å²) in [5, 5.41) is 12.6. The van der Waals surface area contributed by atoms with Crippen molar-refractivity contribution in [1.82, 2.24) is 4.98 Å². The second-order valence-corrected chi connectivity index (χ2v) is 9.11. The third-order valence-corrected chi connectivity index (χ3v) is 7.45. The predicted octanol–water partition coefficient (Wildman–Crippen LogP) is 4.63. The van der Waals surface area contributed by atoms with E-state index in [-0.39, 0.29) is 17.2 Å². The number of carbonyl (C=O) groups excluding carboxylic acids is 1. The van der Waals surface area contributed by atoms with E-state index in [1.165, 1.54) is 30.0 Å². The van der Waals surface area contributed by atoms with E-state index in [1.807, 2.05) is 18.2 Å². The van der Waals surface area contributed by atoms with E-state index < -0.39 is 16.8 Å². The molecule has 10 heteroatoms. The van der Waals surface area contributed by atoms with Crippen LogP contribution in [-0.4, -0.2) is 21.9 Å². The molecule has 1 aliphatic heterocycles. The number of aromatic amines is 1. The molecule has 7 nitrogen and oxygen atoms in total. The number of halogens is 1. The zero-order chi connectivity index (χ0) is 21.3. The molecule has 1 aliphatic rings. The van der Waals surface area contributed by atoms with Gasteiger partial charge >= 0.3 is 4.87 Å². The molecule has 0 amide bonds. The fourth-order valence-electron chi connectivity index (χ4n) is 3.39. The Labute approximate surface area is 184 Å². The maximum absolute atomic E-state index is 11.9. The Bertz CT molecular complexity index is 1180. The van der Waals surface area contributed by atoms with Crippen molar-refractivity contribution in [3.63, 3.8) is 0 Å². The minimum absolute atomic E-state index is 0.109. The first kappa shape index (κ1) is 20.6. The van der Waals surface area contributed by atoms with Gasteiger partial charge < -0.3 is 14.5 Å². The van der Waals surface area contributed by atoms with E-state index in [1.54, 1.807) is 6.07 Å². The molecule has 1 aromatic heterocycles. The van der Waals surface area contributed by atoms with Crippen molar-refractivity contribution in [3.8, 4) is 5.75 Å². The fourth-order valence-corrected chi connectivity index (χ4v) is 5.94. The highest BCUT2D eigenvalue weighted by molar-refractivity contribution is 7.99. The van der Waals surface area contributed by atoms with Gasteiger partial charge in [-0.1, -0.05) is 41.1 Å². The van der Waals surface area contributed by atoms with Gasteiger partial charge in [-0.25, -0.2) is 0 Å². The molecule has 154 valence electrons. The number of aldehydes is 1. The molecule has 1 N–H and O–H groups in total. The van der Waals surface area contributed by atoms with Crippen molar-refractivity contribution >= 4 is 46.7 Å². The summed E-state index contributed by atoms with van der Waals surface area (Å²) in [5.41, 5.74) is 1.16. The summed E-state index contributed by atoms with van der Waals surface area (Å²) in [6.45, 7) is 0.161. The van der Waals surface area contributed by atoms with E-state index in [0.29, 0.717) is 32.0 Å². The van der Waals surface area contributed by atoms with Gasteiger partial charge in [-0.3, -0.25) is 14.9 Å². The van der Waals surface area contributed by atoms with Gasteiger partial charge in [0.1, 0.15) is 18.6 Å². The van der Waals surface area contributed by atoms with Crippen molar-refractivity contribution in [2.75, 3.05) is 5.75 Å². The highest BCUT2D eigenvalue weighted by atomic mass is 35.5. The van der Waals surface area contributed by atoms with Crippen LogP contribution in [0, 0.1) is 16.0 Å². The number of rotatable bonds is 6. The number of hydrogen-bond donors (Lipinski definition) is 1. The van der Waals surface area contributed by atoms with Gasteiger partial charge in [0.05, 0.1) is 9.95 Å². The zero-order valence-electron chi connectivity index (χ0n) is 15.4. The number of hydrogen-bond acceptors (Lipinski definition) is 7. The molecule has 0 saturated carbocycles. The molecule has 0 radical (unpaired) electrons. The molecular weight excluding hydrogens is 448 g/mol. The Balaban J connectivity index is 1.79. The quantitative estimate of drug-likeness (QED) is 0.325. The number of non-ortho nitro benzene ring substituents is 1. The van der Waals surface area contributed by atoms with E-state index >= 15 is 0 Å². The molecular formula is C20H15ClN2O5S2. The summed E-state index contributed by atoms with van der Waals surface area (Å²) < 4.78 is 5.99. The third-order valence-electron chi connectivity index (χ3n) is 4.83. The van der Waals surface area contributed by atoms with E-state index in [4.69, 9.17) is 16.3 Å². The Morgan fingerprint density at radius 2 is 2.10 bits per heavy atom. The molecule has 30 heavy (non-hydrogen) atoms. The number of nitro benzene ring substituents is 1. The van der Waals surface area contributed by atoms with Crippen LogP contribution in [0.2, 0.25) is 5.02 Å². The highest BCUT2D eigenvalue weighted by Crippen LogP contribution is 2.47. The highest BCUT2D eigenvalue weighted by Gasteiger charge is 2.36. The molecule has 4 rings (SSSR count). The van der Waals surface area contributed by atoms with E-state index in [0.717, 1.165) is 23.2 Å². The second-order valence-electron chi connectivity index (χ2n) is 6.66. The van der Waals surface area contributed by atoms with Gasteiger partial charge in [-0.2, -0.15) is 0 Å².